The van der Waals surface area contributed by atoms with Crippen molar-refractivity contribution in [3.8, 4) is 0 Å². The molecule has 0 spiro atoms. The second kappa shape index (κ2) is 4.95. The number of nitrogens with zero attached hydrogens (tertiary/aromatic N) is 1. The van der Waals surface area contributed by atoms with Crippen molar-refractivity contribution < 1.29 is 4.79 Å². The maximum Gasteiger partial charge on any atom is 0.267 e. The van der Waals surface area contributed by atoms with E-state index in [4.69, 9.17) is 11.6 Å². The van der Waals surface area contributed by atoms with Crippen LogP contribution in [0.2, 0.25) is 0 Å². The van der Waals surface area contributed by atoms with Crippen LogP contribution in [0.15, 0.2) is 16.8 Å². The van der Waals surface area contributed by atoms with E-state index in [2.05, 4.69) is 10.3 Å². The Hall–Kier alpha value is -0.910. The second-order valence-electron chi connectivity index (χ2n) is 3.16. The largest absolute Gasteiger partial charge is 0.297 e. The Labute approximate surface area is 106 Å². The molecular weight excluding hydrogens is 264 g/mol. The number of alkyl halides is 1. The summed E-state index contributed by atoms with van der Waals surface area (Å²) >= 11 is 8.45. The van der Waals surface area contributed by atoms with Crippen molar-refractivity contribution in [2.24, 2.45) is 0 Å². The lowest BCUT2D eigenvalue weighted by Gasteiger charge is -1.99. The third-order valence-electron chi connectivity index (χ3n) is 1.98. The van der Waals surface area contributed by atoms with Gasteiger partial charge in [-0.3, -0.25) is 10.1 Å². The Morgan fingerprint density at radius 2 is 2.38 bits per heavy atom. The average Bonchev–Trinajstić information content (AvgIpc) is 2.86. The van der Waals surface area contributed by atoms with Crippen LogP contribution in [-0.4, -0.2) is 10.9 Å². The predicted molar refractivity (Wildman–Crippen MR) is 68.7 cm³/mol. The molecular formula is C10H9ClN2OS2. The van der Waals surface area contributed by atoms with Gasteiger partial charge in [0.15, 0.2) is 5.13 Å². The molecule has 84 valence electrons. The number of nitrogens with one attached hydrogen (secondary N) is 1. The summed E-state index contributed by atoms with van der Waals surface area (Å²) in [7, 11) is 0. The molecule has 1 N–H and O–H groups in total. The number of aryl methyl sites for hydroxylation is 1. The van der Waals surface area contributed by atoms with Crippen molar-refractivity contribution in [1.82, 2.24) is 4.98 Å². The molecule has 16 heavy (non-hydrogen) atoms. The highest BCUT2D eigenvalue weighted by molar-refractivity contribution is 7.14. The maximum absolute atomic E-state index is 11.8. The van der Waals surface area contributed by atoms with Gasteiger partial charge in [-0.15, -0.1) is 34.3 Å². The summed E-state index contributed by atoms with van der Waals surface area (Å²) in [6.45, 7) is 1.91. The molecule has 0 radical (unpaired) electrons. The number of carbonyl (C=O) groups excluding carboxylic acids is 1. The molecule has 0 aliphatic heterocycles. The summed E-state index contributed by atoms with van der Waals surface area (Å²) in [4.78, 5) is 16.7. The van der Waals surface area contributed by atoms with Gasteiger partial charge < -0.3 is 0 Å². The van der Waals surface area contributed by atoms with Gasteiger partial charge in [-0.05, 0) is 23.9 Å². The maximum atomic E-state index is 11.8. The second-order valence-corrected chi connectivity index (χ2v) is 5.21. The first-order chi connectivity index (χ1) is 7.70. The van der Waals surface area contributed by atoms with Crippen molar-refractivity contribution in [2.75, 3.05) is 5.32 Å². The normalized spacial score (nSPS) is 10.4. The van der Waals surface area contributed by atoms with Crippen LogP contribution in [0.4, 0.5) is 5.13 Å². The first kappa shape index (κ1) is 11.6. The number of hydrogen-bond acceptors (Lipinski definition) is 4. The van der Waals surface area contributed by atoms with E-state index in [0.717, 1.165) is 16.1 Å². The van der Waals surface area contributed by atoms with Gasteiger partial charge in [-0.25, -0.2) is 4.98 Å². The van der Waals surface area contributed by atoms with Crippen LogP contribution in [0.3, 0.4) is 0 Å². The number of aromatic nitrogens is 1. The molecule has 0 aliphatic rings. The third-order valence-corrected chi connectivity index (χ3v) is 4.07. The molecule has 3 nitrogen and oxygen atoms in total. The molecule has 1 amide bonds. The van der Waals surface area contributed by atoms with Crippen molar-refractivity contribution in [3.63, 3.8) is 0 Å². The molecule has 0 saturated heterocycles. The van der Waals surface area contributed by atoms with Gasteiger partial charge in [0, 0.05) is 5.38 Å². The average molecular weight is 273 g/mol. The smallest absolute Gasteiger partial charge is 0.267 e. The SMILES string of the molecule is Cc1ccsc1C(=O)Nc1nc(CCl)cs1. The Morgan fingerprint density at radius 1 is 1.56 bits per heavy atom. The minimum Gasteiger partial charge on any atom is -0.297 e. The Balaban J connectivity index is 2.11. The number of carbonyl (C=O) groups is 1. The lowest BCUT2D eigenvalue weighted by molar-refractivity contribution is 0.103. The Kier molecular flexibility index (Phi) is 3.58. The molecule has 2 aromatic heterocycles. The van der Waals surface area contributed by atoms with Crippen LogP contribution >= 0.6 is 34.3 Å². The van der Waals surface area contributed by atoms with Crippen molar-refractivity contribution in [3.05, 3.63) is 33.0 Å². The van der Waals surface area contributed by atoms with E-state index in [-0.39, 0.29) is 5.91 Å². The minimum atomic E-state index is -0.108. The number of halogens is 1. The zero-order valence-corrected chi connectivity index (χ0v) is 10.9. The van der Waals surface area contributed by atoms with Crippen LogP contribution in [0.25, 0.3) is 0 Å². The zero-order chi connectivity index (χ0) is 11.5. The minimum absolute atomic E-state index is 0.108. The number of hydrogen-bond donors (Lipinski definition) is 1. The highest BCUT2D eigenvalue weighted by Crippen LogP contribution is 2.20. The Morgan fingerprint density at radius 3 is 2.94 bits per heavy atom. The van der Waals surface area contributed by atoms with Crippen molar-refractivity contribution in [1.29, 1.82) is 0 Å². The van der Waals surface area contributed by atoms with Gasteiger partial charge in [0.25, 0.3) is 5.91 Å². The van der Waals surface area contributed by atoms with E-state index in [1.807, 2.05) is 23.8 Å². The highest BCUT2D eigenvalue weighted by Gasteiger charge is 2.12. The standard InChI is InChI=1S/C10H9ClN2OS2/c1-6-2-3-15-8(6)9(14)13-10-12-7(4-11)5-16-10/h2-3,5H,4H2,1H3,(H,12,13,14). The molecule has 2 aromatic rings. The fourth-order valence-corrected chi connectivity index (χ4v) is 2.94. The molecule has 6 heteroatoms. The highest BCUT2D eigenvalue weighted by atomic mass is 35.5. The van der Waals surface area contributed by atoms with E-state index in [0.29, 0.717) is 11.0 Å². The van der Waals surface area contributed by atoms with Crippen LogP contribution in [-0.2, 0) is 5.88 Å². The lowest BCUT2D eigenvalue weighted by Crippen LogP contribution is -2.11. The summed E-state index contributed by atoms with van der Waals surface area (Å²) in [5.41, 5.74) is 1.77. The predicted octanol–water partition coefficient (Wildman–Crippen LogP) is 3.50. The van der Waals surface area contributed by atoms with Gasteiger partial charge in [0.2, 0.25) is 0 Å². The summed E-state index contributed by atoms with van der Waals surface area (Å²) in [5, 5.41) is 7.09. The summed E-state index contributed by atoms with van der Waals surface area (Å²) < 4.78 is 0. The van der Waals surface area contributed by atoms with Crippen LogP contribution in [0.1, 0.15) is 20.9 Å². The quantitative estimate of drug-likeness (QED) is 0.869. The zero-order valence-electron chi connectivity index (χ0n) is 8.49. The van der Waals surface area contributed by atoms with Crippen LogP contribution in [0.5, 0.6) is 0 Å². The fourth-order valence-electron chi connectivity index (χ4n) is 1.19. The van der Waals surface area contributed by atoms with E-state index in [1.165, 1.54) is 22.7 Å². The molecule has 0 atom stereocenters. The van der Waals surface area contributed by atoms with E-state index in [9.17, 15) is 4.79 Å². The molecule has 0 bridgehead atoms. The van der Waals surface area contributed by atoms with Crippen molar-refractivity contribution >= 4 is 45.3 Å². The van der Waals surface area contributed by atoms with Crippen LogP contribution in [0, 0.1) is 6.92 Å². The molecule has 0 aliphatic carbocycles. The monoisotopic (exact) mass is 272 g/mol. The number of thiophene rings is 1. The fraction of sp³-hybridized carbons (Fsp3) is 0.200. The van der Waals surface area contributed by atoms with Gasteiger partial charge in [-0.1, -0.05) is 0 Å². The van der Waals surface area contributed by atoms with Gasteiger partial charge >= 0.3 is 0 Å². The van der Waals surface area contributed by atoms with E-state index in [1.54, 1.807) is 0 Å². The summed E-state index contributed by atoms with van der Waals surface area (Å²) in [6.07, 6.45) is 0. The van der Waals surface area contributed by atoms with E-state index >= 15 is 0 Å². The first-order valence-corrected chi connectivity index (χ1v) is 6.86. The molecule has 0 saturated carbocycles. The first-order valence-electron chi connectivity index (χ1n) is 4.56. The van der Waals surface area contributed by atoms with Gasteiger partial charge in [-0.2, -0.15) is 0 Å². The van der Waals surface area contributed by atoms with E-state index < -0.39 is 0 Å². The lowest BCUT2D eigenvalue weighted by atomic mass is 10.3. The topological polar surface area (TPSA) is 42.0 Å². The Bertz CT molecular complexity index is 506. The third kappa shape index (κ3) is 2.42. The number of amides is 1. The molecule has 0 unspecified atom stereocenters. The molecule has 2 heterocycles. The van der Waals surface area contributed by atoms with Gasteiger partial charge in [0.1, 0.15) is 0 Å². The molecule has 0 aromatic carbocycles. The summed E-state index contributed by atoms with van der Waals surface area (Å²) in [5.74, 6) is 0.257. The summed E-state index contributed by atoms with van der Waals surface area (Å²) in [6, 6.07) is 1.92. The number of rotatable bonds is 3. The molecule has 2 rings (SSSR count). The van der Waals surface area contributed by atoms with Crippen LogP contribution < -0.4 is 5.32 Å². The number of thiazole rings is 1. The van der Waals surface area contributed by atoms with Gasteiger partial charge in [0.05, 0.1) is 16.5 Å². The molecule has 0 fully saturated rings. The number of anilines is 1. The van der Waals surface area contributed by atoms with Crippen molar-refractivity contribution in [2.45, 2.75) is 12.8 Å².